The Morgan fingerprint density at radius 2 is 2.15 bits per heavy atom. The van der Waals surface area contributed by atoms with E-state index in [0.29, 0.717) is 4.88 Å². The van der Waals surface area contributed by atoms with Crippen LogP contribution >= 0.6 is 11.3 Å². The highest BCUT2D eigenvalue weighted by atomic mass is 32.1. The van der Waals surface area contributed by atoms with Gasteiger partial charge in [0.1, 0.15) is 4.88 Å². The number of nitro benzene ring substituents is 1. The highest BCUT2D eigenvalue weighted by molar-refractivity contribution is 7.11. The molecule has 102 valence electrons. The van der Waals surface area contributed by atoms with E-state index in [-0.39, 0.29) is 16.9 Å². The van der Waals surface area contributed by atoms with Crippen molar-refractivity contribution >= 4 is 34.6 Å². The van der Waals surface area contributed by atoms with E-state index < -0.39 is 16.8 Å². The Morgan fingerprint density at radius 3 is 2.70 bits per heavy atom. The van der Waals surface area contributed by atoms with Gasteiger partial charge in [0.2, 0.25) is 0 Å². The monoisotopic (exact) mass is 293 g/mol. The maximum Gasteiger partial charge on any atom is 0.338 e. The number of amides is 1. The molecule has 9 heteroatoms. The molecule has 0 fully saturated rings. The summed E-state index contributed by atoms with van der Waals surface area (Å²) in [6.45, 7) is 0. The number of nitrogens with one attached hydrogen (secondary N) is 1. The number of hydrogen-bond donors (Lipinski definition) is 2. The zero-order chi connectivity index (χ0) is 14.7. The Bertz CT molecular complexity index is 683. The average molecular weight is 293 g/mol. The van der Waals surface area contributed by atoms with Crippen molar-refractivity contribution in [2.45, 2.75) is 0 Å². The van der Waals surface area contributed by atoms with Crippen LogP contribution in [0.2, 0.25) is 0 Å². The SMILES string of the molecule is O=C(Nc1ccc([N+](=O)[O-])cc1C(=O)O)c1cncs1. The van der Waals surface area contributed by atoms with Crippen LogP contribution in [0.15, 0.2) is 29.9 Å². The number of carboxylic acids is 1. The topological polar surface area (TPSA) is 122 Å². The molecular weight excluding hydrogens is 286 g/mol. The van der Waals surface area contributed by atoms with E-state index in [0.717, 1.165) is 23.5 Å². The second-order valence-electron chi connectivity index (χ2n) is 3.61. The largest absolute Gasteiger partial charge is 0.478 e. The summed E-state index contributed by atoms with van der Waals surface area (Å²) in [4.78, 5) is 36.8. The lowest BCUT2D eigenvalue weighted by molar-refractivity contribution is -0.384. The number of nitrogens with zero attached hydrogens (tertiary/aromatic N) is 2. The zero-order valence-corrected chi connectivity index (χ0v) is 10.6. The van der Waals surface area contributed by atoms with Crippen molar-refractivity contribution in [1.82, 2.24) is 4.98 Å². The Morgan fingerprint density at radius 1 is 1.40 bits per heavy atom. The summed E-state index contributed by atoms with van der Waals surface area (Å²) in [6, 6.07) is 3.19. The van der Waals surface area contributed by atoms with Crippen LogP contribution < -0.4 is 5.32 Å². The maximum atomic E-state index is 11.8. The number of carboxylic acid groups (broad SMARTS) is 1. The van der Waals surface area contributed by atoms with Crippen molar-refractivity contribution in [3.8, 4) is 0 Å². The predicted octanol–water partition coefficient (Wildman–Crippen LogP) is 2.00. The second kappa shape index (κ2) is 5.45. The van der Waals surface area contributed by atoms with Crippen molar-refractivity contribution in [1.29, 1.82) is 0 Å². The summed E-state index contributed by atoms with van der Waals surface area (Å²) in [6.07, 6.45) is 1.34. The molecule has 0 aliphatic heterocycles. The van der Waals surface area contributed by atoms with Crippen molar-refractivity contribution in [3.05, 3.63) is 50.5 Å². The first-order valence-corrected chi connectivity index (χ1v) is 6.08. The van der Waals surface area contributed by atoms with Gasteiger partial charge < -0.3 is 10.4 Å². The molecule has 8 nitrogen and oxygen atoms in total. The third-order valence-corrected chi connectivity index (χ3v) is 3.12. The number of carbonyl (C=O) groups excluding carboxylic acids is 1. The number of aromatic nitrogens is 1. The van der Waals surface area contributed by atoms with Crippen LogP contribution in [0.1, 0.15) is 20.0 Å². The smallest absolute Gasteiger partial charge is 0.338 e. The molecule has 0 saturated carbocycles. The molecule has 2 rings (SSSR count). The maximum absolute atomic E-state index is 11.8. The number of rotatable bonds is 4. The van der Waals surface area contributed by atoms with E-state index >= 15 is 0 Å². The normalized spacial score (nSPS) is 10.0. The standard InChI is InChI=1S/C11H7N3O5S/c15-10(9-4-12-5-20-9)13-8-2-1-6(14(18)19)3-7(8)11(16)17/h1-5H,(H,13,15)(H,16,17). The van der Waals surface area contributed by atoms with Crippen LogP contribution in [0.4, 0.5) is 11.4 Å². The van der Waals surface area contributed by atoms with Crippen LogP contribution in [0.5, 0.6) is 0 Å². The van der Waals surface area contributed by atoms with Gasteiger partial charge in [-0.2, -0.15) is 0 Å². The molecule has 1 heterocycles. The van der Waals surface area contributed by atoms with Gasteiger partial charge in [-0.3, -0.25) is 19.9 Å². The minimum atomic E-state index is -1.37. The summed E-state index contributed by atoms with van der Waals surface area (Å²) in [7, 11) is 0. The molecule has 0 radical (unpaired) electrons. The third kappa shape index (κ3) is 2.78. The fourth-order valence-electron chi connectivity index (χ4n) is 1.44. The second-order valence-corrected chi connectivity index (χ2v) is 4.50. The molecule has 2 aromatic rings. The van der Waals surface area contributed by atoms with E-state index in [4.69, 9.17) is 5.11 Å². The minimum absolute atomic E-state index is 0.0125. The first-order chi connectivity index (χ1) is 9.49. The first-order valence-electron chi connectivity index (χ1n) is 5.20. The molecule has 0 unspecified atom stereocenters. The minimum Gasteiger partial charge on any atom is -0.478 e. The molecule has 0 atom stereocenters. The van der Waals surface area contributed by atoms with Crippen LogP contribution in [0.3, 0.4) is 0 Å². The molecule has 0 aliphatic carbocycles. The van der Waals surface area contributed by atoms with E-state index in [1.165, 1.54) is 17.8 Å². The van der Waals surface area contributed by atoms with Gasteiger partial charge in [0.25, 0.3) is 11.6 Å². The average Bonchev–Trinajstić information content (AvgIpc) is 2.92. The number of benzene rings is 1. The van der Waals surface area contributed by atoms with Gasteiger partial charge in [0.15, 0.2) is 0 Å². The predicted molar refractivity (Wildman–Crippen MR) is 70.1 cm³/mol. The molecule has 1 aromatic heterocycles. The van der Waals surface area contributed by atoms with E-state index in [1.54, 1.807) is 0 Å². The van der Waals surface area contributed by atoms with Gasteiger partial charge in [0.05, 0.1) is 27.9 Å². The van der Waals surface area contributed by atoms with Crippen LogP contribution in [-0.4, -0.2) is 26.9 Å². The summed E-state index contributed by atoms with van der Waals surface area (Å²) in [5.41, 5.74) is 0.736. The van der Waals surface area contributed by atoms with E-state index in [1.807, 2.05) is 0 Å². The molecular formula is C11H7N3O5S. The number of non-ortho nitro benzene ring substituents is 1. The summed E-state index contributed by atoms with van der Waals surface area (Å²) >= 11 is 1.09. The number of hydrogen-bond acceptors (Lipinski definition) is 6. The highest BCUT2D eigenvalue weighted by Gasteiger charge is 2.18. The van der Waals surface area contributed by atoms with Crippen molar-refractivity contribution in [2.75, 3.05) is 5.32 Å². The fourth-order valence-corrected chi connectivity index (χ4v) is 1.96. The Balaban J connectivity index is 2.34. The number of aromatic carboxylic acids is 1. The van der Waals surface area contributed by atoms with Crippen molar-refractivity contribution in [2.24, 2.45) is 0 Å². The van der Waals surface area contributed by atoms with Gasteiger partial charge in [-0.1, -0.05) is 0 Å². The lowest BCUT2D eigenvalue weighted by Crippen LogP contribution is -2.13. The fraction of sp³-hybridized carbons (Fsp3) is 0. The summed E-state index contributed by atoms with van der Waals surface area (Å²) < 4.78 is 0. The van der Waals surface area contributed by atoms with Crippen LogP contribution in [-0.2, 0) is 0 Å². The Kier molecular flexibility index (Phi) is 3.71. The zero-order valence-electron chi connectivity index (χ0n) is 9.77. The van der Waals surface area contributed by atoms with Gasteiger partial charge in [-0.05, 0) is 6.07 Å². The molecule has 0 spiro atoms. The molecule has 1 aromatic carbocycles. The highest BCUT2D eigenvalue weighted by Crippen LogP contribution is 2.23. The van der Waals surface area contributed by atoms with E-state index in [2.05, 4.69) is 10.3 Å². The van der Waals surface area contributed by atoms with Gasteiger partial charge in [-0.15, -0.1) is 11.3 Å². The third-order valence-electron chi connectivity index (χ3n) is 2.35. The molecule has 20 heavy (non-hydrogen) atoms. The van der Waals surface area contributed by atoms with Crippen molar-refractivity contribution in [3.63, 3.8) is 0 Å². The van der Waals surface area contributed by atoms with Crippen LogP contribution in [0, 0.1) is 10.1 Å². The molecule has 0 aliphatic rings. The number of anilines is 1. The number of thiazole rings is 1. The molecule has 1 amide bonds. The molecule has 2 N–H and O–H groups in total. The van der Waals surface area contributed by atoms with Crippen LogP contribution in [0.25, 0.3) is 0 Å². The molecule has 0 saturated heterocycles. The Labute approximate surface area is 115 Å². The number of carbonyl (C=O) groups is 2. The van der Waals surface area contributed by atoms with Crippen molar-refractivity contribution < 1.29 is 19.6 Å². The summed E-state index contributed by atoms with van der Waals surface area (Å²) in [5, 5.41) is 22.0. The number of nitro groups is 1. The molecule has 0 bridgehead atoms. The first kappa shape index (κ1) is 13.6. The van der Waals surface area contributed by atoms with E-state index in [9.17, 15) is 19.7 Å². The van der Waals surface area contributed by atoms with Gasteiger partial charge >= 0.3 is 5.97 Å². The van der Waals surface area contributed by atoms with Gasteiger partial charge in [-0.25, -0.2) is 4.79 Å². The summed E-state index contributed by atoms with van der Waals surface area (Å²) in [5.74, 6) is -1.89. The lowest BCUT2D eigenvalue weighted by Gasteiger charge is -2.07. The van der Waals surface area contributed by atoms with Gasteiger partial charge in [0, 0.05) is 12.1 Å². The lowest BCUT2D eigenvalue weighted by atomic mass is 10.1. The quantitative estimate of drug-likeness (QED) is 0.656. The Hall–Kier alpha value is -2.81.